The highest BCUT2D eigenvalue weighted by atomic mass is 16.5. The first-order valence-electron chi connectivity index (χ1n) is 13.8. The molecule has 2 aromatic rings. The van der Waals surface area contributed by atoms with Crippen LogP contribution in [0, 0.1) is 11.8 Å². The smallest absolute Gasteiger partial charge is 0.159 e. The van der Waals surface area contributed by atoms with Gasteiger partial charge in [0, 0.05) is 18.0 Å². The molecular formula is C30H46N2O. The molecule has 33 heavy (non-hydrogen) atoms. The number of aromatic nitrogens is 2. The second kappa shape index (κ2) is 15.1. The van der Waals surface area contributed by atoms with Crippen LogP contribution >= 0.6 is 0 Å². The molecule has 1 aliphatic carbocycles. The first-order chi connectivity index (χ1) is 16.3. The summed E-state index contributed by atoms with van der Waals surface area (Å²) >= 11 is 0. The second-order valence-corrected chi connectivity index (χ2v) is 10.1. The molecule has 0 N–H and O–H groups in total. The summed E-state index contributed by atoms with van der Waals surface area (Å²) in [5, 5.41) is 0. The molecule has 0 aliphatic heterocycles. The van der Waals surface area contributed by atoms with E-state index in [1.165, 1.54) is 89.0 Å². The predicted molar refractivity (Wildman–Crippen MR) is 140 cm³/mol. The predicted octanol–water partition coefficient (Wildman–Crippen LogP) is 8.81. The Hall–Kier alpha value is -1.90. The lowest BCUT2D eigenvalue weighted by molar-refractivity contribution is 0.228. The summed E-state index contributed by atoms with van der Waals surface area (Å²) in [5.74, 6) is 3.67. The highest BCUT2D eigenvalue weighted by Gasteiger charge is 2.20. The number of hydrogen-bond acceptors (Lipinski definition) is 3. The van der Waals surface area contributed by atoms with Crippen molar-refractivity contribution in [2.75, 3.05) is 6.61 Å². The number of unbranched alkanes of at least 4 members (excludes halogenated alkanes) is 5. The van der Waals surface area contributed by atoms with E-state index in [9.17, 15) is 0 Å². The van der Waals surface area contributed by atoms with Crippen LogP contribution in [0.15, 0.2) is 36.7 Å². The van der Waals surface area contributed by atoms with Gasteiger partial charge in [0.15, 0.2) is 5.82 Å². The Morgan fingerprint density at radius 1 is 0.727 bits per heavy atom. The van der Waals surface area contributed by atoms with Gasteiger partial charge in [0.1, 0.15) is 5.75 Å². The van der Waals surface area contributed by atoms with Crippen LogP contribution in [0.1, 0.15) is 109 Å². The average Bonchev–Trinajstić information content (AvgIpc) is 2.87. The highest BCUT2D eigenvalue weighted by molar-refractivity contribution is 5.55. The van der Waals surface area contributed by atoms with Crippen molar-refractivity contribution < 1.29 is 4.74 Å². The van der Waals surface area contributed by atoms with Crippen molar-refractivity contribution in [1.29, 1.82) is 0 Å². The third kappa shape index (κ3) is 9.47. The van der Waals surface area contributed by atoms with Gasteiger partial charge in [-0.1, -0.05) is 84.5 Å². The summed E-state index contributed by atoms with van der Waals surface area (Å²) < 4.78 is 6.01. The quantitative estimate of drug-likeness (QED) is 0.254. The molecule has 0 spiro atoms. The van der Waals surface area contributed by atoms with Gasteiger partial charge in [-0.3, -0.25) is 0 Å². The van der Waals surface area contributed by atoms with E-state index in [1.54, 1.807) is 0 Å². The molecule has 0 saturated heterocycles. The standard InChI is InChI=1S/C30H46N2O/c1-3-5-7-8-9-12-27-23-31-30(32-24-27)28-18-20-29(21-19-28)33-22-10-13-26-16-14-25(15-17-26)11-6-4-2/h18-21,23-26H,3-17,22H2,1-2H3. The minimum atomic E-state index is 0.797. The average molecular weight is 451 g/mol. The molecule has 1 aromatic carbocycles. The van der Waals surface area contributed by atoms with Crippen LogP contribution in [-0.4, -0.2) is 16.6 Å². The molecule has 0 radical (unpaired) electrons. The van der Waals surface area contributed by atoms with E-state index in [0.717, 1.165) is 48.4 Å². The summed E-state index contributed by atoms with van der Waals surface area (Å²) in [4.78, 5) is 9.18. The molecule has 1 heterocycles. The van der Waals surface area contributed by atoms with Crippen LogP contribution in [0.3, 0.4) is 0 Å². The third-order valence-electron chi connectivity index (χ3n) is 7.34. The van der Waals surface area contributed by atoms with Crippen molar-refractivity contribution in [3.63, 3.8) is 0 Å². The van der Waals surface area contributed by atoms with Crippen molar-refractivity contribution in [3.05, 3.63) is 42.2 Å². The van der Waals surface area contributed by atoms with Crippen LogP contribution in [0.5, 0.6) is 5.75 Å². The van der Waals surface area contributed by atoms with E-state index >= 15 is 0 Å². The number of ether oxygens (including phenoxy) is 1. The van der Waals surface area contributed by atoms with Crippen molar-refractivity contribution in [1.82, 2.24) is 9.97 Å². The molecular weight excluding hydrogens is 404 g/mol. The third-order valence-corrected chi connectivity index (χ3v) is 7.34. The van der Waals surface area contributed by atoms with Crippen molar-refractivity contribution >= 4 is 0 Å². The zero-order valence-electron chi connectivity index (χ0n) is 21.2. The van der Waals surface area contributed by atoms with Gasteiger partial charge in [-0.2, -0.15) is 0 Å². The van der Waals surface area contributed by atoms with Gasteiger partial charge < -0.3 is 4.74 Å². The zero-order valence-corrected chi connectivity index (χ0v) is 21.2. The van der Waals surface area contributed by atoms with E-state index in [0.29, 0.717) is 0 Å². The Morgan fingerprint density at radius 3 is 1.97 bits per heavy atom. The molecule has 0 unspecified atom stereocenters. The molecule has 1 aromatic heterocycles. The topological polar surface area (TPSA) is 35.0 Å². The van der Waals surface area contributed by atoms with Crippen molar-refractivity contribution in [3.8, 4) is 17.1 Å². The molecule has 3 heteroatoms. The van der Waals surface area contributed by atoms with Gasteiger partial charge in [-0.25, -0.2) is 9.97 Å². The molecule has 0 atom stereocenters. The van der Waals surface area contributed by atoms with Crippen molar-refractivity contribution in [2.45, 2.75) is 110 Å². The van der Waals surface area contributed by atoms with E-state index < -0.39 is 0 Å². The van der Waals surface area contributed by atoms with E-state index in [1.807, 2.05) is 12.4 Å². The number of hydrogen-bond donors (Lipinski definition) is 0. The van der Waals surface area contributed by atoms with Crippen molar-refractivity contribution in [2.24, 2.45) is 11.8 Å². The summed E-state index contributed by atoms with van der Waals surface area (Å²) in [6.45, 7) is 5.38. The van der Waals surface area contributed by atoms with Gasteiger partial charge in [-0.15, -0.1) is 0 Å². The van der Waals surface area contributed by atoms with Gasteiger partial charge in [0.05, 0.1) is 6.61 Å². The van der Waals surface area contributed by atoms with E-state index in [4.69, 9.17) is 4.74 Å². The van der Waals surface area contributed by atoms with Crippen LogP contribution in [0.25, 0.3) is 11.4 Å². The first-order valence-corrected chi connectivity index (χ1v) is 13.8. The summed E-state index contributed by atoms with van der Waals surface area (Å²) in [5.41, 5.74) is 2.29. The number of rotatable bonds is 15. The number of benzene rings is 1. The van der Waals surface area contributed by atoms with Gasteiger partial charge in [0.25, 0.3) is 0 Å². The van der Waals surface area contributed by atoms with E-state index in [-0.39, 0.29) is 0 Å². The fraction of sp³-hybridized carbons (Fsp3) is 0.667. The van der Waals surface area contributed by atoms with E-state index in [2.05, 4.69) is 48.1 Å². The maximum Gasteiger partial charge on any atom is 0.159 e. The van der Waals surface area contributed by atoms with Gasteiger partial charge >= 0.3 is 0 Å². The molecule has 1 saturated carbocycles. The molecule has 0 amide bonds. The molecule has 1 aliphatic rings. The molecule has 3 nitrogen and oxygen atoms in total. The summed E-state index contributed by atoms with van der Waals surface area (Å²) in [7, 11) is 0. The lowest BCUT2D eigenvalue weighted by Crippen LogP contribution is -2.15. The molecule has 0 bridgehead atoms. The SMILES string of the molecule is CCCCCCCc1cnc(-c2ccc(OCCCC3CCC(CCCC)CC3)cc2)nc1. The summed E-state index contributed by atoms with van der Waals surface area (Å²) in [6.07, 6.45) is 24.0. The minimum Gasteiger partial charge on any atom is -0.494 e. The van der Waals surface area contributed by atoms with Gasteiger partial charge in [-0.05, 0) is 67.3 Å². The zero-order chi connectivity index (χ0) is 23.1. The fourth-order valence-electron chi connectivity index (χ4n) is 5.13. The lowest BCUT2D eigenvalue weighted by Gasteiger charge is -2.28. The van der Waals surface area contributed by atoms with Gasteiger partial charge in [0.2, 0.25) is 0 Å². The fourth-order valence-corrected chi connectivity index (χ4v) is 5.13. The lowest BCUT2D eigenvalue weighted by atomic mass is 9.78. The Bertz CT molecular complexity index is 748. The minimum absolute atomic E-state index is 0.797. The normalized spacial score (nSPS) is 18.4. The Labute approximate surface area is 202 Å². The molecule has 1 fully saturated rings. The molecule has 182 valence electrons. The number of aryl methyl sites for hydroxylation is 1. The Morgan fingerprint density at radius 2 is 1.33 bits per heavy atom. The molecule has 3 rings (SSSR count). The second-order valence-electron chi connectivity index (χ2n) is 10.1. The maximum atomic E-state index is 6.01. The monoisotopic (exact) mass is 450 g/mol. The van der Waals surface area contributed by atoms with Crippen LogP contribution in [0.4, 0.5) is 0 Å². The maximum absolute atomic E-state index is 6.01. The Balaban J connectivity index is 1.32. The Kier molecular flexibility index (Phi) is 11.8. The first kappa shape index (κ1) is 25.7. The highest BCUT2D eigenvalue weighted by Crippen LogP contribution is 2.34. The number of nitrogens with zero attached hydrogens (tertiary/aromatic N) is 2. The van der Waals surface area contributed by atoms with Crippen LogP contribution in [-0.2, 0) is 6.42 Å². The van der Waals surface area contributed by atoms with Crippen LogP contribution < -0.4 is 4.74 Å². The summed E-state index contributed by atoms with van der Waals surface area (Å²) in [6, 6.07) is 8.26. The largest absolute Gasteiger partial charge is 0.494 e. The van der Waals surface area contributed by atoms with Crippen LogP contribution in [0.2, 0.25) is 0 Å².